The van der Waals surface area contributed by atoms with Gasteiger partial charge >= 0.3 is 0 Å². The third kappa shape index (κ3) is 3.67. The molecule has 0 saturated heterocycles. The lowest BCUT2D eigenvalue weighted by Gasteiger charge is -2.20. The van der Waals surface area contributed by atoms with Crippen molar-refractivity contribution in [2.24, 2.45) is 17.8 Å². The summed E-state index contributed by atoms with van der Waals surface area (Å²) >= 11 is 9.49. The Morgan fingerprint density at radius 2 is 2.23 bits per heavy atom. The number of anilines is 1. The summed E-state index contributed by atoms with van der Waals surface area (Å²) < 4.78 is 16.2. The fraction of sp³-hybridized carbons (Fsp3) is 0.474. The number of halogens is 3. The predicted octanol–water partition coefficient (Wildman–Crippen LogP) is 5.25. The molecule has 0 unspecified atom stereocenters. The fourth-order valence-corrected chi connectivity index (χ4v) is 5.09. The fourth-order valence-electron chi connectivity index (χ4n) is 4.46. The van der Waals surface area contributed by atoms with E-state index in [1.165, 1.54) is 31.7 Å². The number of rotatable bonds is 5. The van der Waals surface area contributed by atoms with E-state index in [9.17, 15) is 9.18 Å². The van der Waals surface area contributed by atoms with Crippen LogP contribution in [0.4, 0.5) is 10.2 Å². The average Bonchev–Trinajstić information content (AvgIpc) is 3.28. The zero-order chi connectivity index (χ0) is 18.3. The molecule has 1 amide bonds. The third-order valence-corrected chi connectivity index (χ3v) is 6.62. The number of amides is 1. The molecule has 2 fully saturated rings. The normalized spacial score (nSPS) is 24.2. The van der Waals surface area contributed by atoms with Crippen LogP contribution in [0.3, 0.4) is 0 Å². The molecular formula is C19H20BrClFN3O. The van der Waals surface area contributed by atoms with E-state index in [0.717, 1.165) is 11.8 Å². The molecule has 2 aliphatic rings. The van der Waals surface area contributed by atoms with Crippen LogP contribution in [0.1, 0.15) is 37.7 Å². The molecular weight excluding hydrogens is 421 g/mol. The number of benzene rings is 1. The van der Waals surface area contributed by atoms with E-state index in [0.29, 0.717) is 33.2 Å². The van der Waals surface area contributed by atoms with Crippen molar-refractivity contribution in [3.8, 4) is 0 Å². The van der Waals surface area contributed by atoms with E-state index in [1.54, 1.807) is 23.0 Å². The number of nitrogens with zero attached hydrogens (tertiary/aromatic N) is 2. The van der Waals surface area contributed by atoms with Crippen molar-refractivity contribution in [1.29, 1.82) is 0 Å². The van der Waals surface area contributed by atoms with Gasteiger partial charge in [0.15, 0.2) is 5.82 Å². The van der Waals surface area contributed by atoms with Gasteiger partial charge in [-0.05, 0) is 65.1 Å². The van der Waals surface area contributed by atoms with Crippen LogP contribution in [0.25, 0.3) is 0 Å². The molecule has 2 bridgehead atoms. The predicted molar refractivity (Wildman–Crippen MR) is 103 cm³/mol. The minimum absolute atomic E-state index is 0.00239. The summed E-state index contributed by atoms with van der Waals surface area (Å²) in [6.45, 7) is 0.201. The highest BCUT2D eigenvalue weighted by Crippen LogP contribution is 2.49. The second kappa shape index (κ2) is 7.31. The zero-order valence-corrected chi connectivity index (χ0v) is 16.6. The van der Waals surface area contributed by atoms with Crippen LogP contribution in [0.2, 0.25) is 5.02 Å². The molecule has 1 aromatic heterocycles. The lowest BCUT2D eigenvalue weighted by Crippen LogP contribution is -2.20. The second-order valence-corrected chi connectivity index (χ2v) is 8.67. The number of hydrogen-bond acceptors (Lipinski definition) is 2. The SMILES string of the molecule is O=C(C[C@@H]1C[C@H]2CC[C@H]1C2)Nc1nn(Cc2c(F)cccc2Cl)cc1Br. The van der Waals surface area contributed by atoms with Gasteiger partial charge in [-0.2, -0.15) is 5.10 Å². The summed E-state index contributed by atoms with van der Waals surface area (Å²) in [5, 5.41) is 7.61. The lowest BCUT2D eigenvalue weighted by atomic mass is 9.86. The van der Waals surface area contributed by atoms with Crippen molar-refractivity contribution in [2.75, 3.05) is 5.32 Å². The number of nitrogens with one attached hydrogen (secondary N) is 1. The van der Waals surface area contributed by atoms with E-state index >= 15 is 0 Å². The molecule has 0 radical (unpaired) electrons. The van der Waals surface area contributed by atoms with E-state index < -0.39 is 0 Å². The van der Waals surface area contributed by atoms with Gasteiger partial charge < -0.3 is 5.32 Å². The molecule has 26 heavy (non-hydrogen) atoms. The van der Waals surface area contributed by atoms with Crippen LogP contribution >= 0.6 is 27.5 Å². The number of aromatic nitrogens is 2. The zero-order valence-electron chi connectivity index (χ0n) is 14.2. The molecule has 3 atom stereocenters. The van der Waals surface area contributed by atoms with Crippen molar-refractivity contribution in [1.82, 2.24) is 9.78 Å². The van der Waals surface area contributed by atoms with Crippen molar-refractivity contribution in [3.05, 3.63) is 45.3 Å². The van der Waals surface area contributed by atoms with Crippen LogP contribution in [-0.4, -0.2) is 15.7 Å². The van der Waals surface area contributed by atoms with Crippen molar-refractivity contribution >= 4 is 39.3 Å². The summed E-state index contributed by atoms with van der Waals surface area (Å²) in [4.78, 5) is 12.4. The molecule has 1 heterocycles. The standard InChI is InChI=1S/C19H20BrClFN3O/c20-15-10-25(9-14-16(21)2-1-3-17(14)22)24-19(15)23-18(26)8-13-7-11-4-5-12(13)6-11/h1-3,10-13H,4-9H2,(H,23,24,26)/t11-,12-,13-/m0/s1. The highest BCUT2D eigenvalue weighted by Gasteiger charge is 2.40. The van der Waals surface area contributed by atoms with Crippen molar-refractivity contribution in [2.45, 2.75) is 38.6 Å². The van der Waals surface area contributed by atoms with Gasteiger partial charge in [-0.1, -0.05) is 24.1 Å². The summed E-state index contributed by atoms with van der Waals surface area (Å²) in [5.41, 5.74) is 0.379. The summed E-state index contributed by atoms with van der Waals surface area (Å²) in [5.74, 6) is 2.14. The first-order valence-corrected chi connectivity index (χ1v) is 10.1. The minimum atomic E-state index is -0.369. The quantitative estimate of drug-likeness (QED) is 0.690. The Labute approximate surface area is 165 Å². The maximum atomic E-state index is 13.9. The Morgan fingerprint density at radius 3 is 2.92 bits per heavy atom. The maximum absolute atomic E-state index is 13.9. The average molecular weight is 441 g/mol. The molecule has 4 rings (SSSR count). The Balaban J connectivity index is 1.41. The molecule has 2 aliphatic carbocycles. The molecule has 138 valence electrons. The van der Waals surface area contributed by atoms with Crippen molar-refractivity contribution in [3.63, 3.8) is 0 Å². The van der Waals surface area contributed by atoms with Gasteiger partial charge in [-0.25, -0.2) is 4.39 Å². The number of hydrogen-bond donors (Lipinski definition) is 1. The van der Waals surface area contributed by atoms with Gasteiger partial charge in [0.1, 0.15) is 5.82 Å². The largest absolute Gasteiger partial charge is 0.308 e. The highest BCUT2D eigenvalue weighted by molar-refractivity contribution is 9.10. The topological polar surface area (TPSA) is 46.9 Å². The van der Waals surface area contributed by atoms with E-state index in [2.05, 4.69) is 26.3 Å². The van der Waals surface area contributed by atoms with E-state index in [-0.39, 0.29) is 18.3 Å². The Kier molecular flexibility index (Phi) is 5.06. The van der Waals surface area contributed by atoms with Crippen molar-refractivity contribution < 1.29 is 9.18 Å². The summed E-state index contributed by atoms with van der Waals surface area (Å²) in [6, 6.07) is 4.59. The van der Waals surface area contributed by atoms with E-state index in [1.807, 2.05) is 0 Å². The molecule has 0 spiro atoms. The molecule has 2 saturated carbocycles. The van der Waals surface area contributed by atoms with Crippen LogP contribution in [0.15, 0.2) is 28.9 Å². The number of carbonyl (C=O) groups is 1. The third-order valence-electron chi connectivity index (χ3n) is 5.69. The first kappa shape index (κ1) is 18.0. The summed E-state index contributed by atoms with van der Waals surface area (Å²) in [6.07, 6.45) is 7.34. The lowest BCUT2D eigenvalue weighted by molar-refractivity contribution is -0.117. The first-order chi connectivity index (χ1) is 12.5. The van der Waals surface area contributed by atoms with E-state index in [4.69, 9.17) is 11.6 Å². The Bertz CT molecular complexity index is 820. The maximum Gasteiger partial charge on any atom is 0.225 e. The number of carbonyl (C=O) groups excluding carboxylic acids is 1. The summed E-state index contributed by atoms with van der Waals surface area (Å²) in [7, 11) is 0. The molecule has 1 N–H and O–H groups in total. The number of fused-ring (bicyclic) bond motifs is 2. The van der Waals surface area contributed by atoms with Gasteiger partial charge in [0.05, 0.1) is 11.0 Å². The Hall–Kier alpha value is -1.40. The van der Waals surface area contributed by atoms with Crippen LogP contribution in [0.5, 0.6) is 0 Å². The van der Waals surface area contributed by atoms with Gasteiger partial charge in [0.2, 0.25) is 5.91 Å². The molecule has 7 heteroatoms. The second-order valence-electron chi connectivity index (χ2n) is 7.41. The van der Waals surface area contributed by atoms with Gasteiger partial charge in [0.25, 0.3) is 0 Å². The van der Waals surface area contributed by atoms with Gasteiger partial charge in [0, 0.05) is 23.2 Å². The van der Waals surface area contributed by atoms with Gasteiger partial charge in [-0.15, -0.1) is 0 Å². The Morgan fingerprint density at radius 1 is 1.38 bits per heavy atom. The first-order valence-electron chi connectivity index (χ1n) is 8.95. The minimum Gasteiger partial charge on any atom is -0.308 e. The molecule has 4 nitrogen and oxygen atoms in total. The van der Waals surface area contributed by atoms with Crippen LogP contribution in [-0.2, 0) is 11.3 Å². The van der Waals surface area contributed by atoms with Crippen LogP contribution < -0.4 is 5.32 Å². The smallest absolute Gasteiger partial charge is 0.225 e. The molecule has 2 aromatic rings. The molecule has 0 aliphatic heterocycles. The van der Waals surface area contributed by atoms with Gasteiger partial charge in [-0.3, -0.25) is 9.48 Å². The monoisotopic (exact) mass is 439 g/mol. The molecule has 1 aromatic carbocycles. The van der Waals surface area contributed by atoms with Crippen LogP contribution in [0, 0.1) is 23.6 Å². The highest BCUT2D eigenvalue weighted by atomic mass is 79.9.